The Balaban J connectivity index is 3.04. The second kappa shape index (κ2) is 11.6. The molecule has 0 N–H and O–H groups in total. The molecule has 0 spiro atoms. The maximum Gasteiger partial charge on any atom is 0.305 e. The van der Waals surface area contributed by atoms with Crippen LogP contribution in [0.15, 0.2) is 0 Å². The van der Waals surface area contributed by atoms with Crippen LogP contribution in [-0.2, 0) is 9.53 Å². The maximum atomic E-state index is 10.8. The molecule has 15 heavy (non-hydrogen) atoms. The Bertz CT molecular complexity index is 215. The average molecular weight is 275 g/mol. The van der Waals surface area contributed by atoms with Crippen molar-refractivity contribution in [1.82, 2.24) is 0 Å². The van der Waals surface area contributed by atoms with Crippen molar-refractivity contribution in [3.05, 3.63) is 0 Å². The summed E-state index contributed by atoms with van der Waals surface area (Å²) < 4.78 is 4.56. The number of carbonyl (C=O) groups is 1. The fourth-order valence-corrected chi connectivity index (χ4v) is 1.54. The molecule has 0 aliphatic heterocycles. The minimum atomic E-state index is -0.0948. The smallest absolute Gasteiger partial charge is 0.305 e. The molecule has 0 atom stereocenters. The SMILES string of the molecule is COC(=O)CCCCCCCCC#CBr. The highest BCUT2D eigenvalue weighted by molar-refractivity contribution is 9.12. The predicted molar refractivity (Wildman–Crippen MR) is 65.7 cm³/mol. The first-order chi connectivity index (χ1) is 7.31. The van der Waals surface area contributed by atoms with E-state index in [2.05, 4.69) is 31.4 Å². The highest BCUT2D eigenvalue weighted by Gasteiger charge is 1.98. The summed E-state index contributed by atoms with van der Waals surface area (Å²) in [6, 6.07) is 0. The first-order valence-electron chi connectivity index (χ1n) is 5.46. The molecule has 0 heterocycles. The van der Waals surface area contributed by atoms with Gasteiger partial charge in [-0.3, -0.25) is 4.79 Å². The van der Waals surface area contributed by atoms with Crippen molar-refractivity contribution in [2.24, 2.45) is 0 Å². The van der Waals surface area contributed by atoms with E-state index in [0.717, 1.165) is 19.3 Å². The van der Waals surface area contributed by atoms with Crippen molar-refractivity contribution in [1.29, 1.82) is 0 Å². The van der Waals surface area contributed by atoms with E-state index in [4.69, 9.17) is 0 Å². The lowest BCUT2D eigenvalue weighted by atomic mass is 10.1. The number of halogens is 1. The number of carbonyl (C=O) groups excluding carboxylic acids is 1. The van der Waals surface area contributed by atoms with Gasteiger partial charge in [0.25, 0.3) is 0 Å². The molecular formula is C12H19BrO2. The molecule has 2 nitrogen and oxygen atoms in total. The van der Waals surface area contributed by atoms with Crippen LogP contribution in [0, 0.1) is 10.8 Å². The quantitative estimate of drug-likeness (QED) is 0.384. The summed E-state index contributed by atoms with van der Waals surface area (Å²) in [6.07, 6.45) is 8.48. The lowest BCUT2D eigenvalue weighted by Crippen LogP contribution is -1.99. The number of methoxy groups -OCH3 is 1. The largest absolute Gasteiger partial charge is 0.469 e. The first-order valence-corrected chi connectivity index (χ1v) is 6.26. The van der Waals surface area contributed by atoms with Crippen LogP contribution in [0.1, 0.15) is 51.4 Å². The van der Waals surface area contributed by atoms with Crippen molar-refractivity contribution in [3.63, 3.8) is 0 Å². The highest BCUT2D eigenvalue weighted by atomic mass is 79.9. The molecule has 0 aromatic carbocycles. The lowest BCUT2D eigenvalue weighted by Gasteiger charge is -2.00. The van der Waals surface area contributed by atoms with Crippen LogP contribution in [0.4, 0.5) is 0 Å². The van der Waals surface area contributed by atoms with Crippen molar-refractivity contribution in [2.45, 2.75) is 51.4 Å². The highest BCUT2D eigenvalue weighted by Crippen LogP contribution is 2.08. The molecule has 3 heteroatoms. The van der Waals surface area contributed by atoms with Crippen LogP contribution in [0.5, 0.6) is 0 Å². The summed E-state index contributed by atoms with van der Waals surface area (Å²) in [5.74, 6) is 2.88. The fourth-order valence-electron chi connectivity index (χ4n) is 1.34. The predicted octanol–water partition coefficient (Wildman–Crippen LogP) is 3.64. The van der Waals surface area contributed by atoms with Crippen LogP contribution < -0.4 is 0 Å². The normalized spacial score (nSPS) is 9.20. The Labute approximate surface area is 101 Å². The summed E-state index contributed by atoms with van der Waals surface area (Å²) in [5, 5.41) is 0. The van der Waals surface area contributed by atoms with Gasteiger partial charge in [0.05, 0.1) is 7.11 Å². The summed E-state index contributed by atoms with van der Waals surface area (Å²) in [5.41, 5.74) is 0. The average Bonchev–Trinajstić information content (AvgIpc) is 2.26. The van der Waals surface area contributed by atoms with Gasteiger partial charge in [-0.1, -0.05) is 31.6 Å². The molecular weight excluding hydrogens is 256 g/mol. The van der Waals surface area contributed by atoms with Crippen molar-refractivity contribution < 1.29 is 9.53 Å². The summed E-state index contributed by atoms with van der Waals surface area (Å²) >= 11 is 3.07. The van der Waals surface area contributed by atoms with Gasteiger partial charge in [-0.2, -0.15) is 0 Å². The Kier molecular flexibility index (Phi) is 11.2. The second-order valence-electron chi connectivity index (χ2n) is 3.47. The summed E-state index contributed by atoms with van der Waals surface area (Å²) in [7, 11) is 1.44. The van der Waals surface area contributed by atoms with Crippen LogP contribution >= 0.6 is 15.9 Å². The van der Waals surface area contributed by atoms with E-state index in [1.807, 2.05) is 0 Å². The Morgan fingerprint density at radius 2 is 1.73 bits per heavy atom. The topological polar surface area (TPSA) is 26.3 Å². The monoisotopic (exact) mass is 274 g/mol. The standard InChI is InChI=1S/C12H19BrO2/c1-15-12(14)10-8-6-4-2-3-5-7-9-11-13/h2-8,10H2,1H3. The molecule has 0 saturated carbocycles. The molecule has 0 unspecified atom stereocenters. The molecule has 0 aliphatic carbocycles. The van der Waals surface area contributed by atoms with Gasteiger partial charge >= 0.3 is 5.97 Å². The van der Waals surface area contributed by atoms with Gasteiger partial charge in [0.1, 0.15) is 0 Å². The number of esters is 1. The minimum absolute atomic E-state index is 0.0948. The van der Waals surface area contributed by atoms with Crippen molar-refractivity contribution >= 4 is 21.9 Å². The van der Waals surface area contributed by atoms with E-state index in [0.29, 0.717) is 6.42 Å². The van der Waals surface area contributed by atoms with E-state index < -0.39 is 0 Å². The zero-order valence-corrected chi connectivity index (χ0v) is 10.9. The van der Waals surface area contributed by atoms with Crippen LogP contribution in [0.25, 0.3) is 0 Å². The molecule has 0 aromatic rings. The molecule has 86 valence electrons. The van der Waals surface area contributed by atoms with Crippen molar-refractivity contribution in [3.8, 4) is 10.8 Å². The second-order valence-corrected chi connectivity index (χ2v) is 3.87. The molecule has 0 saturated heterocycles. The molecule has 0 radical (unpaired) electrons. The van der Waals surface area contributed by atoms with E-state index >= 15 is 0 Å². The zero-order chi connectivity index (χ0) is 11.4. The van der Waals surface area contributed by atoms with Gasteiger partial charge in [-0.05, 0) is 17.7 Å². The Hall–Kier alpha value is -0.490. The maximum absolute atomic E-state index is 10.8. The Morgan fingerprint density at radius 1 is 1.13 bits per heavy atom. The minimum Gasteiger partial charge on any atom is -0.469 e. The van der Waals surface area contributed by atoms with Gasteiger partial charge in [0.15, 0.2) is 0 Å². The first kappa shape index (κ1) is 14.5. The van der Waals surface area contributed by atoms with Gasteiger partial charge in [0, 0.05) is 28.8 Å². The number of hydrogen-bond acceptors (Lipinski definition) is 2. The van der Waals surface area contributed by atoms with E-state index in [9.17, 15) is 4.79 Å². The zero-order valence-electron chi connectivity index (χ0n) is 9.35. The molecule has 0 fully saturated rings. The third-order valence-corrected chi connectivity index (χ3v) is 2.51. The molecule has 0 aliphatic rings. The third-order valence-electron chi connectivity index (χ3n) is 2.23. The van der Waals surface area contributed by atoms with Crippen LogP contribution in [-0.4, -0.2) is 13.1 Å². The van der Waals surface area contributed by atoms with Crippen molar-refractivity contribution in [2.75, 3.05) is 7.11 Å². The van der Waals surface area contributed by atoms with Crippen LogP contribution in [0.3, 0.4) is 0 Å². The molecule has 0 aromatic heterocycles. The summed E-state index contributed by atoms with van der Waals surface area (Å²) in [6.45, 7) is 0. The molecule has 0 bridgehead atoms. The van der Waals surface area contributed by atoms with E-state index in [1.54, 1.807) is 0 Å². The molecule has 0 rings (SSSR count). The summed E-state index contributed by atoms with van der Waals surface area (Å²) in [4.78, 5) is 13.5. The van der Waals surface area contributed by atoms with E-state index in [-0.39, 0.29) is 5.97 Å². The number of hydrogen-bond donors (Lipinski definition) is 0. The van der Waals surface area contributed by atoms with Gasteiger partial charge in [0.2, 0.25) is 0 Å². The Morgan fingerprint density at radius 3 is 2.33 bits per heavy atom. The van der Waals surface area contributed by atoms with Gasteiger partial charge < -0.3 is 4.74 Å². The molecule has 0 amide bonds. The number of unbranched alkanes of at least 4 members (excludes halogenated alkanes) is 6. The fraction of sp³-hybridized carbons (Fsp3) is 0.750. The number of rotatable bonds is 8. The van der Waals surface area contributed by atoms with Gasteiger partial charge in [-0.25, -0.2) is 0 Å². The van der Waals surface area contributed by atoms with Crippen LogP contribution in [0.2, 0.25) is 0 Å². The lowest BCUT2D eigenvalue weighted by molar-refractivity contribution is -0.140. The van der Waals surface area contributed by atoms with Gasteiger partial charge in [-0.15, -0.1) is 0 Å². The number of ether oxygens (including phenoxy) is 1. The van der Waals surface area contributed by atoms with E-state index in [1.165, 1.54) is 32.8 Å². The third kappa shape index (κ3) is 11.4.